The fourth-order valence-electron chi connectivity index (χ4n) is 8.78. The fraction of sp³-hybridized carbons (Fsp3) is 0.690. The maximum Gasteiger partial charge on any atom is 0.134 e. The second-order valence-electron chi connectivity index (χ2n) is 12.1. The molecule has 3 nitrogen and oxygen atoms in total. The maximum absolute atomic E-state index is 13.1. The van der Waals surface area contributed by atoms with E-state index in [1.54, 1.807) is 0 Å². The van der Waals surface area contributed by atoms with Crippen LogP contribution in [0.5, 0.6) is 0 Å². The minimum atomic E-state index is -0.150. The molecule has 0 spiro atoms. The highest BCUT2D eigenvalue weighted by Gasteiger charge is 2.62. The van der Waals surface area contributed by atoms with Crippen molar-refractivity contribution < 1.29 is 9.90 Å². The fourth-order valence-corrected chi connectivity index (χ4v) is 8.78. The zero-order valence-electron chi connectivity index (χ0n) is 20.6. The molecule has 8 atom stereocenters. The number of hydrogen-bond acceptors (Lipinski definition) is 3. The Bertz CT molecular complexity index is 918. The Labute approximate surface area is 194 Å². The molecule has 0 unspecified atom stereocenters. The van der Waals surface area contributed by atoms with Crippen LogP contribution in [0.4, 0.5) is 5.69 Å². The molecule has 0 aliphatic heterocycles. The van der Waals surface area contributed by atoms with Crippen LogP contribution in [-0.2, 0) is 4.79 Å². The monoisotopic (exact) mass is 435 g/mol. The molecule has 1 aromatic rings. The molecule has 0 bridgehead atoms. The maximum atomic E-state index is 13.1. The van der Waals surface area contributed by atoms with Gasteiger partial charge in [-0.2, -0.15) is 0 Å². The highest BCUT2D eigenvalue weighted by molar-refractivity contribution is 5.81. The van der Waals surface area contributed by atoms with Crippen molar-refractivity contribution in [1.29, 1.82) is 0 Å². The summed E-state index contributed by atoms with van der Waals surface area (Å²) < 4.78 is 0. The summed E-state index contributed by atoms with van der Waals surface area (Å²) in [7, 11) is 4.16. The molecule has 4 aliphatic carbocycles. The number of aliphatic hydroxyl groups is 1. The van der Waals surface area contributed by atoms with Gasteiger partial charge < -0.3 is 10.0 Å². The summed E-state index contributed by atoms with van der Waals surface area (Å²) in [4.78, 5) is 15.2. The Morgan fingerprint density at radius 2 is 1.78 bits per heavy atom. The molecule has 4 aliphatic rings. The van der Waals surface area contributed by atoms with Crippen molar-refractivity contribution >= 4 is 11.5 Å². The number of Topliss-reactive ketones (excluding diaryl/α,β-unsaturated/α-hetero) is 1. The van der Waals surface area contributed by atoms with E-state index < -0.39 is 0 Å². The number of anilines is 1. The molecule has 174 valence electrons. The molecule has 0 amide bonds. The van der Waals surface area contributed by atoms with Gasteiger partial charge in [-0.25, -0.2) is 0 Å². The Morgan fingerprint density at radius 3 is 2.44 bits per heavy atom. The number of carbonyl (C=O) groups excluding carboxylic acids is 1. The first-order valence-corrected chi connectivity index (χ1v) is 12.8. The molecule has 3 heteroatoms. The van der Waals surface area contributed by atoms with Gasteiger partial charge in [0, 0.05) is 25.7 Å². The van der Waals surface area contributed by atoms with Crippen LogP contribution < -0.4 is 4.90 Å². The zero-order chi connectivity index (χ0) is 22.8. The summed E-state index contributed by atoms with van der Waals surface area (Å²) in [6, 6.07) is 8.97. The van der Waals surface area contributed by atoms with Crippen molar-refractivity contribution in [1.82, 2.24) is 0 Å². The van der Waals surface area contributed by atoms with E-state index in [1.165, 1.54) is 29.7 Å². The summed E-state index contributed by atoms with van der Waals surface area (Å²) in [5.41, 5.74) is 4.45. The molecular formula is C29H41NO2. The van der Waals surface area contributed by atoms with E-state index in [4.69, 9.17) is 0 Å². The van der Waals surface area contributed by atoms with E-state index in [9.17, 15) is 9.90 Å². The quantitative estimate of drug-likeness (QED) is 0.594. The van der Waals surface area contributed by atoms with E-state index in [-0.39, 0.29) is 22.9 Å². The molecule has 1 aromatic carbocycles. The number of benzene rings is 1. The van der Waals surface area contributed by atoms with Crippen LogP contribution >= 0.6 is 0 Å². The van der Waals surface area contributed by atoms with Crippen LogP contribution in [0.25, 0.3) is 0 Å². The molecule has 5 rings (SSSR count). The van der Waals surface area contributed by atoms with Gasteiger partial charge in [-0.05, 0) is 104 Å². The van der Waals surface area contributed by atoms with E-state index in [0.29, 0.717) is 29.5 Å². The molecule has 0 aromatic heterocycles. The van der Waals surface area contributed by atoms with Crippen molar-refractivity contribution in [2.45, 2.75) is 77.7 Å². The Balaban J connectivity index is 1.49. The number of allylic oxidation sites excluding steroid dienone is 1. The smallest absolute Gasteiger partial charge is 0.134 e. The second kappa shape index (κ2) is 7.72. The number of aliphatic hydroxyl groups excluding tert-OH is 1. The number of nitrogens with zero attached hydrogens (tertiary/aromatic N) is 1. The van der Waals surface area contributed by atoms with Gasteiger partial charge in [-0.1, -0.05) is 37.6 Å². The van der Waals surface area contributed by atoms with E-state index >= 15 is 0 Å². The van der Waals surface area contributed by atoms with Crippen molar-refractivity contribution in [3.63, 3.8) is 0 Å². The molecule has 0 saturated heterocycles. The SMILES string of the molecule is CC(=O)[C@@H]1[C@H](c2ccc(N(C)C)cc2)C[C@@H]2[C@@H]3CC=C4C[C@@H](O)CC[C@]4(C)[C@@H]3CC[C@@]21C. The molecule has 32 heavy (non-hydrogen) atoms. The number of carbonyl (C=O) groups is 1. The molecule has 0 heterocycles. The second-order valence-corrected chi connectivity index (χ2v) is 12.1. The van der Waals surface area contributed by atoms with Crippen LogP contribution in [0, 0.1) is 34.5 Å². The predicted molar refractivity (Wildman–Crippen MR) is 131 cm³/mol. The summed E-state index contributed by atoms with van der Waals surface area (Å²) in [6.07, 6.45) is 9.97. The molecule has 3 saturated carbocycles. The highest BCUT2D eigenvalue weighted by Crippen LogP contribution is 2.68. The summed E-state index contributed by atoms with van der Waals surface area (Å²) >= 11 is 0. The molecule has 3 fully saturated rings. The average Bonchev–Trinajstić information content (AvgIpc) is 3.07. The van der Waals surface area contributed by atoms with Crippen LogP contribution in [-0.4, -0.2) is 31.1 Å². The van der Waals surface area contributed by atoms with Gasteiger partial charge >= 0.3 is 0 Å². The van der Waals surface area contributed by atoms with E-state index in [1.807, 2.05) is 6.92 Å². The largest absolute Gasteiger partial charge is 0.393 e. The predicted octanol–water partition coefficient (Wildman–Crippen LogP) is 5.98. The summed E-state index contributed by atoms with van der Waals surface area (Å²) in [6.45, 7) is 6.77. The van der Waals surface area contributed by atoms with Gasteiger partial charge in [0.25, 0.3) is 0 Å². The van der Waals surface area contributed by atoms with Crippen LogP contribution in [0.2, 0.25) is 0 Å². The van der Waals surface area contributed by atoms with Crippen LogP contribution in [0.1, 0.15) is 77.2 Å². The van der Waals surface area contributed by atoms with Gasteiger partial charge in [-0.15, -0.1) is 0 Å². The molecule has 0 radical (unpaired) electrons. The number of hydrogen-bond donors (Lipinski definition) is 1. The number of ketones is 1. The van der Waals surface area contributed by atoms with E-state index in [0.717, 1.165) is 32.1 Å². The molecule has 1 N–H and O–H groups in total. The third-order valence-electron chi connectivity index (χ3n) is 10.4. The lowest BCUT2D eigenvalue weighted by atomic mass is 9.47. The normalized spacial score (nSPS) is 43.0. The first-order valence-electron chi connectivity index (χ1n) is 12.8. The average molecular weight is 436 g/mol. The van der Waals surface area contributed by atoms with Crippen molar-refractivity contribution in [2.24, 2.45) is 34.5 Å². The van der Waals surface area contributed by atoms with E-state index in [2.05, 4.69) is 63.2 Å². The van der Waals surface area contributed by atoms with Crippen molar-refractivity contribution in [2.75, 3.05) is 19.0 Å². The third-order valence-corrected chi connectivity index (χ3v) is 10.4. The summed E-state index contributed by atoms with van der Waals surface area (Å²) in [5.74, 6) is 2.83. The van der Waals surface area contributed by atoms with Crippen molar-refractivity contribution in [3.8, 4) is 0 Å². The topological polar surface area (TPSA) is 40.5 Å². The molecular weight excluding hydrogens is 394 g/mol. The third kappa shape index (κ3) is 3.22. The first-order chi connectivity index (χ1) is 15.1. The lowest BCUT2D eigenvalue weighted by Crippen LogP contribution is -2.51. The Morgan fingerprint density at radius 1 is 1.06 bits per heavy atom. The minimum Gasteiger partial charge on any atom is -0.393 e. The first kappa shape index (κ1) is 22.2. The number of rotatable bonds is 3. The van der Waals surface area contributed by atoms with Crippen molar-refractivity contribution in [3.05, 3.63) is 41.5 Å². The Kier molecular flexibility index (Phi) is 5.36. The zero-order valence-corrected chi connectivity index (χ0v) is 20.6. The van der Waals surface area contributed by atoms with Gasteiger partial charge in [0.05, 0.1) is 6.10 Å². The lowest BCUT2D eigenvalue weighted by Gasteiger charge is -2.57. The van der Waals surface area contributed by atoms with Gasteiger partial charge in [-0.3, -0.25) is 4.79 Å². The Hall–Kier alpha value is -1.61. The van der Waals surface area contributed by atoms with Crippen LogP contribution in [0.15, 0.2) is 35.9 Å². The lowest BCUT2D eigenvalue weighted by molar-refractivity contribution is -0.128. The summed E-state index contributed by atoms with van der Waals surface area (Å²) in [5, 5.41) is 10.3. The van der Waals surface area contributed by atoms with Gasteiger partial charge in [0.15, 0.2) is 0 Å². The minimum absolute atomic E-state index is 0.105. The van der Waals surface area contributed by atoms with Gasteiger partial charge in [0.2, 0.25) is 0 Å². The number of fused-ring (bicyclic) bond motifs is 5. The van der Waals surface area contributed by atoms with Crippen LogP contribution in [0.3, 0.4) is 0 Å². The van der Waals surface area contributed by atoms with Gasteiger partial charge in [0.1, 0.15) is 5.78 Å². The standard InChI is InChI=1S/C29H41NO2/c1-18(31)27-24(19-6-9-21(10-7-19)30(4)5)17-26-23-11-8-20-16-22(32)12-14-28(20,2)25(23)13-15-29(26,27)3/h6-10,22-27,32H,11-17H2,1-5H3/t22-,23+,24-,25+,26+,27+,28-,29-/m0/s1. The highest BCUT2D eigenvalue weighted by atomic mass is 16.3.